The summed E-state index contributed by atoms with van der Waals surface area (Å²) in [5, 5.41) is 0. The summed E-state index contributed by atoms with van der Waals surface area (Å²) in [5.41, 5.74) is 7.43. The van der Waals surface area contributed by atoms with Crippen LogP contribution in [0.15, 0.2) is 41.0 Å². The number of nitrogens with two attached hydrogens (primary N) is 1. The van der Waals surface area contributed by atoms with Crippen LogP contribution in [0, 0.1) is 5.82 Å². The Labute approximate surface area is 106 Å². The van der Waals surface area contributed by atoms with E-state index in [1.54, 1.807) is 12.3 Å². The Balaban J connectivity index is 2.26. The van der Waals surface area contributed by atoms with Gasteiger partial charge in [0.2, 0.25) is 0 Å². The van der Waals surface area contributed by atoms with E-state index in [1.165, 1.54) is 12.1 Å². The van der Waals surface area contributed by atoms with E-state index in [2.05, 4.69) is 4.90 Å². The summed E-state index contributed by atoms with van der Waals surface area (Å²) in [6, 6.07) is 8.50. The van der Waals surface area contributed by atoms with Gasteiger partial charge < -0.3 is 15.1 Å². The van der Waals surface area contributed by atoms with E-state index in [-0.39, 0.29) is 5.82 Å². The predicted molar refractivity (Wildman–Crippen MR) is 69.7 cm³/mol. The lowest BCUT2D eigenvalue weighted by atomic mass is 10.1. The summed E-state index contributed by atoms with van der Waals surface area (Å²) in [6.07, 6.45) is 1.65. The standard InChI is InChI=1S/C14H17FN2O/c1-2-17(10-13-4-3-7-18-13)14-6-5-12(15)8-11(14)9-16/h3-8H,2,9-10,16H2,1H3. The molecule has 2 aromatic rings. The van der Waals surface area contributed by atoms with E-state index < -0.39 is 0 Å². The molecular weight excluding hydrogens is 231 g/mol. The van der Waals surface area contributed by atoms with E-state index in [1.807, 2.05) is 19.1 Å². The van der Waals surface area contributed by atoms with Crippen LogP contribution in [0.25, 0.3) is 0 Å². The number of anilines is 1. The first-order valence-electron chi connectivity index (χ1n) is 6.00. The normalized spacial score (nSPS) is 10.6. The first-order valence-corrected chi connectivity index (χ1v) is 6.00. The van der Waals surface area contributed by atoms with Crippen molar-refractivity contribution < 1.29 is 8.81 Å². The summed E-state index contributed by atoms with van der Waals surface area (Å²) in [5.74, 6) is 0.623. The first kappa shape index (κ1) is 12.6. The fourth-order valence-electron chi connectivity index (χ4n) is 1.98. The fourth-order valence-corrected chi connectivity index (χ4v) is 1.98. The van der Waals surface area contributed by atoms with Gasteiger partial charge in [-0.15, -0.1) is 0 Å². The van der Waals surface area contributed by atoms with Crippen LogP contribution in [0.1, 0.15) is 18.2 Å². The van der Waals surface area contributed by atoms with Gasteiger partial charge in [0.1, 0.15) is 11.6 Å². The second-order valence-electron chi connectivity index (χ2n) is 4.07. The molecule has 96 valence electrons. The van der Waals surface area contributed by atoms with Gasteiger partial charge >= 0.3 is 0 Å². The van der Waals surface area contributed by atoms with E-state index in [0.717, 1.165) is 23.6 Å². The van der Waals surface area contributed by atoms with Crippen molar-refractivity contribution in [2.45, 2.75) is 20.0 Å². The maximum atomic E-state index is 13.2. The van der Waals surface area contributed by atoms with Gasteiger partial charge in [-0.3, -0.25) is 0 Å². The van der Waals surface area contributed by atoms with Crippen LogP contribution in [0.5, 0.6) is 0 Å². The average molecular weight is 248 g/mol. The molecule has 0 saturated heterocycles. The Morgan fingerprint density at radius 1 is 1.33 bits per heavy atom. The molecule has 0 radical (unpaired) electrons. The molecule has 1 aromatic heterocycles. The lowest BCUT2D eigenvalue weighted by Gasteiger charge is -2.24. The minimum absolute atomic E-state index is 0.256. The zero-order valence-corrected chi connectivity index (χ0v) is 10.4. The van der Waals surface area contributed by atoms with Crippen LogP contribution in [0.2, 0.25) is 0 Å². The van der Waals surface area contributed by atoms with Crippen molar-refractivity contribution in [2.75, 3.05) is 11.4 Å². The third-order valence-corrected chi connectivity index (χ3v) is 2.91. The van der Waals surface area contributed by atoms with Crippen LogP contribution >= 0.6 is 0 Å². The molecule has 0 spiro atoms. The lowest BCUT2D eigenvalue weighted by Crippen LogP contribution is -2.23. The van der Waals surface area contributed by atoms with E-state index in [4.69, 9.17) is 10.2 Å². The molecule has 0 fully saturated rings. The molecule has 0 atom stereocenters. The van der Waals surface area contributed by atoms with Gasteiger partial charge in [0.05, 0.1) is 12.8 Å². The number of hydrogen-bond donors (Lipinski definition) is 1. The molecule has 1 heterocycles. The Kier molecular flexibility index (Phi) is 3.99. The highest BCUT2D eigenvalue weighted by atomic mass is 19.1. The van der Waals surface area contributed by atoms with Crippen LogP contribution < -0.4 is 10.6 Å². The number of halogens is 1. The molecule has 4 heteroatoms. The van der Waals surface area contributed by atoms with Crippen molar-refractivity contribution in [1.82, 2.24) is 0 Å². The number of furan rings is 1. The molecule has 2 N–H and O–H groups in total. The predicted octanol–water partition coefficient (Wildman–Crippen LogP) is 2.90. The molecule has 0 amide bonds. The average Bonchev–Trinajstić information content (AvgIpc) is 2.89. The summed E-state index contributed by atoms with van der Waals surface area (Å²) >= 11 is 0. The number of nitrogens with zero attached hydrogens (tertiary/aromatic N) is 1. The third kappa shape index (κ3) is 2.71. The SMILES string of the molecule is CCN(Cc1ccco1)c1ccc(F)cc1CN. The van der Waals surface area contributed by atoms with Gasteiger partial charge in [0.15, 0.2) is 0 Å². The molecule has 18 heavy (non-hydrogen) atoms. The number of benzene rings is 1. The zero-order chi connectivity index (χ0) is 13.0. The smallest absolute Gasteiger partial charge is 0.123 e. The Morgan fingerprint density at radius 3 is 2.78 bits per heavy atom. The molecule has 3 nitrogen and oxygen atoms in total. The minimum atomic E-state index is -0.256. The summed E-state index contributed by atoms with van der Waals surface area (Å²) in [7, 11) is 0. The largest absolute Gasteiger partial charge is 0.467 e. The minimum Gasteiger partial charge on any atom is -0.467 e. The summed E-state index contributed by atoms with van der Waals surface area (Å²) in [4.78, 5) is 2.11. The number of hydrogen-bond acceptors (Lipinski definition) is 3. The van der Waals surface area contributed by atoms with Gasteiger partial charge in [-0.05, 0) is 42.8 Å². The number of rotatable bonds is 5. The van der Waals surface area contributed by atoms with Crippen molar-refractivity contribution in [3.8, 4) is 0 Å². The lowest BCUT2D eigenvalue weighted by molar-refractivity contribution is 0.503. The van der Waals surface area contributed by atoms with Crippen molar-refractivity contribution in [2.24, 2.45) is 5.73 Å². The molecular formula is C14H17FN2O. The monoisotopic (exact) mass is 248 g/mol. The van der Waals surface area contributed by atoms with Crippen LogP contribution in [0.3, 0.4) is 0 Å². The van der Waals surface area contributed by atoms with E-state index >= 15 is 0 Å². The Morgan fingerprint density at radius 2 is 2.17 bits per heavy atom. The third-order valence-electron chi connectivity index (χ3n) is 2.91. The second-order valence-corrected chi connectivity index (χ2v) is 4.07. The molecule has 0 aliphatic carbocycles. The Bertz CT molecular complexity index is 497. The van der Waals surface area contributed by atoms with Crippen molar-refractivity contribution >= 4 is 5.69 Å². The Hall–Kier alpha value is -1.81. The van der Waals surface area contributed by atoms with Gasteiger partial charge in [0, 0.05) is 18.8 Å². The molecule has 0 saturated carbocycles. The van der Waals surface area contributed by atoms with E-state index in [0.29, 0.717) is 13.1 Å². The highest BCUT2D eigenvalue weighted by Gasteiger charge is 2.11. The molecule has 0 bridgehead atoms. The molecule has 0 unspecified atom stereocenters. The fraction of sp³-hybridized carbons (Fsp3) is 0.286. The summed E-state index contributed by atoms with van der Waals surface area (Å²) in [6.45, 7) is 3.83. The van der Waals surface area contributed by atoms with Crippen molar-refractivity contribution in [3.63, 3.8) is 0 Å². The molecule has 0 aliphatic rings. The molecule has 0 aliphatic heterocycles. The highest BCUT2D eigenvalue weighted by Crippen LogP contribution is 2.23. The van der Waals surface area contributed by atoms with Crippen LogP contribution in [-0.2, 0) is 13.1 Å². The molecule has 2 rings (SSSR count). The zero-order valence-electron chi connectivity index (χ0n) is 10.4. The molecule has 1 aromatic carbocycles. The van der Waals surface area contributed by atoms with Gasteiger partial charge in [-0.1, -0.05) is 0 Å². The highest BCUT2D eigenvalue weighted by molar-refractivity contribution is 5.53. The van der Waals surface area contributed by atoms with Gasteiger partial charge in [-0.2, -0.15) is 0 Å². The summed E-state index contributed by atoms with van der Waals surface area (Å²) < 4.78 is 18.5. The van der Waals surface area contributed by atoms with Crippen LogP contribution in [-0.4, -0.2) is 6.54 Å². The first-order chi connectivity index (χ1) is 8.74. The maximum Gasteiger partial charge on any atom is 0.123 e. The quantitative estimate of drug-likeness (QED) is 0.884. The van der Waals surface area contributed by atoms with Gasteiger partial charge in [-0.25, -0.2) is 4.39 Å². The van der Waals surface area contributed by atoms with Crippen molar-refractivity contribution in [1.29, 1.82) is 0 Å². The second kappa shape index (κ2) is 5.69. The van der Waals surface area contributed by atoms with Crippen molar-refractivity contribution in [3.05, 3.63) is 53.7 Å². The maximum absolute atomic E-state index is 13.2. The topological polar surface area (TPSA) is 42.4 Å². The van der Waals surface area contributed by atoms with Gasteiger partial charge in [0.25, 0.3) is 0 Å². The van der Waals surface area contributed by atoms with E-state index in [9.17, 15) is 4.39 Å². The van der Waals surface area contributed by atoms with Crippen LogP contribution in [0.4, 0.5) is 10.1 Å².